The quantitative estimate of drug-likeness (QED) is 0.891. The summed E-state index contributed by atoms with van der Waals surface area (Å²) in [5.74, 6) is -0.686. The van der Waals surface area contributed by atoms with Crippen molar-refractivity contribution in [2.24, 2.45) is 5.73 Å². The van der Waals surface area contributed by atoms with Crippen LogP contribution in [0.15, 0.2) is 18.2 Å². The van der Waals surface area contributed by atoms with Gasteiger partial charge in [0.1, 0.15) is 5.54 Å². The number of anilines is 1. The summed E-state index contributed by atoms with van der Waals surface area (Å²) in [5, 5.41) is 2.69. The molecule has 0 atom stereocenters. The molecule has 1 aliphatic heterocycles. The molecule has 20 heavy (non-hydrogen) atoms. The largest absolute Gasteiger partial charge is 0.494 e. The zero-order valence-corrected chi connectivity index (χ0v) is 12.0. The molecule has 1 fully saturated rings. The molecule has 112 valence electrons. The van der Waals surface area contributed by atoms with Gasteiger partial charge in [0.15, 0.2) is 11.6 Å². The van der Waals surface area contributed by atoms with Gasteiger partial charge in [-0.15, -0.1) is 12.4 Å². The third-order valence-electron chi connectivity index (χ3n) is 3.25. The molecule has 1 amide bonds. The first-order chi connectivity index (χ1) is 9.05. The van der Waals surface area contributed by atoms with Gasteiger partial charge in [0.05, 0.1) is 7.11 Å². The lowest BCUT2D eigenvalue weighted by Crippen LogP contribution is -2.54. The molecule has 0 spiro atoms. The van der Waals surface area contributed by atoms with Gasteiger partial charge in [-0.3, -0.25) is 4.79 Å². The van der Waals surface area contributed by atoms with Gasteiger partial charge in [0.2, 0.25) is 5.91 Å². The number of nitrogens with one attached hydrogen (secondary N) is 1. The van der Waals surface area contributed by atoms with Gasteiger partial charge in [-0.25, -0.2) is 4.39 Å². The van der Waals surface area contributed by atoms with E-state index < -0.39 is 11.4 Å². The van der Waals surface area contributed by atoms with E-state index in [-0.39, 0.29) is 24.1 Å². The average molecular weight is 305 g/mol. The van der Waals surface area contributed by atoms with Crippen LogP contribution in [0.3, 0.4) is 0 Å². The number of hydrogen-bond acceptors (Lipinski definition) is 4. The first kappa shape index (κ1) is 16.7. The molecule has 1 aromatic rings. The maximum Gasteiger partial charge on any atom is 0.244 e. The molecule has 5 nitrogen and oxygen atoms in total. The van der Waals surface area contributed by atoms with Gasteiger partial charge in [-0.2, -0.15) is 0 Å². The minimum atomic E-state index is -0.931. The zero-order chi connectivity index (χ0) is 13.9. The van der Waals surface area contributed by atoms with E-state index in [1.807, 2.05) is 0 Å². The summed E-state index contributed by atoms with van der Waals surface area (Å²) in [6.07, 6.45) is 0.939. The van der Waals surface area contributed by atoms with Crippen LogP contribution in [0.2, 0.25) is 0 Å². The van der Waals surface area contributed by atoms with Crippen molar-refractivity contribution < 1.29 is 18.7 Å². The fourth-order valence-electron chi connectivity index (χ4n) is 1.96. The van der Waals surface area contributed by atoms with Gasteiger partial charge in [0.25, 0.3) is 0 Å². The summed E-state index contributed by atoms with van der Waals surface area (Å²) in [6, 6.07) is 4.13. The Hall–Kier alpha value is -1.37. The van der Waals surface area contributed by atoms with Crippen molar-refractivity contribution in [2.45, 2.75) is 18.4 Å². The number of amides is 1. The second kappa shape index (κ2) is 6.88. The van der Waals surface area contributed by atoms with Crippen LogP contribution >= 0.6 is 12.4 Å². The van der Waals surface area contributed by atoms with Crippen LogP contribution in [0.1, 0.15) is 12.8 Å². The van der Waals surface area contributed by atoms with Crippen molar-refractivity contribution in [3.63, 3.8) is 0 Å². The lowest BCUT2D eigenvalue weighted by molar-refractivity contribution is -0.124. The topological polar surface area (TPSA) is 73.6 Å². The smallest absolute Gasteiger partial charge is 0.244 e. The number of hydrogen-bond donors (Lipinski definition) is 2. The van der Waals surface area contributed by atoms with Gasteiger partial charge in [-0.05, 0) is 25.0 Å². The Morgan fingerprint density at radius 1 is 1.45 bits per heavy atom. The number of nitrogens with two attached hydrogens (primary N) is 1. The minimum absolute atomic E-state index is 0. The highest BCUT2D eigenvalue weighted by molar-refractivity contribution is 5.98. The highest BCUT2D eigenvalue weighted by atomic mass is 35.5. The van der Waals surface area contributed by atoms with Gasteiger partial charge in [0, 0.05) is 25.0 Å². The first-order valence-electron chi connectivity index (χ1n) is 6.07. The van der Waals surface area contributed by atoms with Crippen LogP contribution in [-0.4, -0.2) is 31.8 Å². The molecule has 1 aliphatic rings. The molecule has 0 aromatic heterocycles. The molecule has 0 saturated carbocycles. The van der Waals surface area contributed by atoms with E-state index >= 15 is 0 Å². The molecule has 1 saturated heterocycles. The second-order valence-electron chi connectivity index (χ2n) is 4.57. The summed E-state index contributed by atoms with van der Waals surface area (Å²) in [4.78, 5) is 12.1. The Kier molecular flexibility index (Phi) is 5.74. The van der Waals surface area contributed by atoms with Crippen LogP contribution in [0.25, 0.3) is 0 Å². The number of halogens is 2. The first-order valence-corrected chi connectivity index (χ1v) is 6.07. The molecule has 0 aliphatic carbocycles. The lowest BCUT2D eigenvalue weighted by Gasteiger charge is -2.31. The molecule has 1 aromatic carbocycles. The van der Waals surface area contributed by atoms with Crippen LogP contribution in [0.5, 0.6) is 5.75 Å². The van der Waals surface area contributed by atoms with Crippen molar-refractivity contribution >= 4 is 24.0 Å². The molecule has 0 unspecified atom stereocenters. The molecule has 1 heterocycles. The number of ether oxygens (including phenoxy) is 2. The normalized spacial score (nSPS) is 16.9. The summed E-state index contributed by atoms with van der Waals surface area (Å²) in [5.41, 5.74) is 5.58. The predicted octanol–water partition coefficient (Wildman–Crippen LogP) is 1.70. The van der Waals surface area contributed by atoms with E-state index in [4.69, 9.17) is 15.2 Å². The van der Waals surface area contributed by atoms with Crippen LogP contribution in [0, 0.1) is 5.82 Å². The summed E-state index contributed by atoms with van der Waals surface area (Å²) in [7, 11) is 1.37. The highest BCUT2D eigenvalue weighted by Crippen LogP contribution is 2.24. The molecular formula is C13H18ClFN2O3. The van der Waals surface area contributed by atoms with Gasteiger partial charge < -0.3 is 20.5 Å². The Morgan fingerprint density at radius 3 is 2.70 bits per heavy atom. The Balaban J connectivity index is 0.00000200. The van der Waals surface area contributed by atoms with E-state index in [1.54, 1.807) is 0 Å². The average Bonchev–Trinajstić information content (AvgIpc) is 2.41. The van der Waals surface area contributed by atoms with E-state index in [0.29, 0.717) is 31.7 Å². The van der Waals surface area contributed by atoms with Crippen molar-refractivity contribution in [3.8, 4) is 5.75 Å². The number of carbonyl (C=O) groups excluding carboxylic acids is 1. The van der Waals surface area contributed by atoms with Gasteiger partial charge >= 0.3 is 0 Å². The fourth-order valence-corrected chi connectivity index (χ4v) is 1.96. The summed E-state index contributed by atoms with van der Waals surface area (Å²) < 4.78 is 23.3. The van der Waals surface area contributed by atoms with Crippen LogP contribution in [-0.2, 0) is 9.53 Å². The second-order valence-corrected chi connectivity index (χ2v) is 4.57. The van der Waals surface area contributed by atoms with Crippen LogP contribution < -0.4 is 15.8 Å². The Labute approximate surface area is 123 Å². The Bertz CT molecular complexity index is 479. The maximum atomic E-state index is 13.3. The summed E-state index contributed by atoms with van der Waals surface area (Å²) >= 11 is 0. The zero-order valence-electron chi connectivity index (χ0n) is 11.1. The van der Waals surface area contributed by atoms with E-state index in [1.165, 1.54) is 25.3 Å². The lowest BCUT2D eigenvalue weighted by atomic mass is 9.90. The van der Waals surface area contributed by atoms with E-state index in [2.05, 4.69) is 5.32 Å². The molecule has 3 N–H and O–H groups in total. The highest BCUT2D eigenvalue weighted by Gasteiger charge is 2.35. The molecule has 7 heteroatoms. The summed E-state index contributed by atoms with van der Waals surface area (Å²) in [6.45, 7) is 0.938. The predicted molar refractivity (Wildman–Crippen MR) is 75.8 cm³/mol. The monoisotopic (exact) mass is 304 g/mol. The van der Waals surface area contributed by atoms with E-state index in [9.17, 15) is 9.18 Å². The van der Waals surface area contributed by atoms with Crippen LogP contribution in [0.4, 0.5) is 10.1 Å². The standard InChI is InChI=1S/C13H17FN2O3.ClH/c1-18-11-8-9(2-3-10(11)14)16-12(17)13(15)4-6-19-7-5-13;/h2-3,8H,4-7,15H2,1H3,(H,16,17);1H. The number of carbonyl (C=O) groups is 1. The van der Waals surface area contributed by atoms with Crippen molar-refractivity contribution in [2.75, 3.05) is 25.6 Å². The third kappa shape index (κ3) is 3.59. The number of rotatable bonds is 3. The molecular weight excluding hydrogens is 287 g/mol. The maximum absolute atomic E-state index is 13.3. The number of methoxy groups -OCH3 is 1. The number of benzene rings is 1. The SMILES string of the molecule is COc1cc(NC(=O)C2(N)CCOCC2)ccc1F.Cl. The fraction of sp³-hybridized carbons (Fsp3) is 0.462. The van der Waals surface area contributed by atoms with Crippen molar-refractivity contribution in [1.29, 1.82) is 0 Å². The van der Waals surface area contributed by atoms with Crippen molar-refractivity contribution in [3.05, 3.63) is 24.0 Å². The van der Waals surface area contributed by atoms with E-state index in [0.717, 1.165) is 0 Å². The van der Waals surface area contributed by atoms with Gasteiger partial charge in [-0.1, -0.05) is 0 Å². The molecule has 0 bridgehead atoms. The Morgan fingerprint density at radius 2 is 2.10 bits per heavy atom. The molecule has 2 rings (SSSR count). The van der Waals surface area contributed by atoms with Crippen molar-refractivity contribution in [1.82, 2.24) is 0 Å². The third-order valence-corrected chi connectivity index (χ3v) is 3.25. The minimum Gasteiger partial charge on any atom is -0.494 e. The molecule has 0 radical (unpaired) electrons.